The van der Waals surface area contributed by atoms with Gasteiger partial charge in [0.1, 0.15) is 83.3 Å². The van der Waals surface area contributed by atoms with Gasteiger partial charge in [0.15, 0.2) is 93.6 Å². The van der Waals surface area contributed by atoms with Crippen molar-refractivity contribution < 1.29 is 159 Å². The van der Waals surface area contributed by atoms with Crippen molar-refractivity contribution in [1.29, 1.82) is 0 Å². The van der Waals surface area contributed by atoms with E-state index in [1.54, 1.807) is 0 Å². The highest BCUT2D eigenvalue weighted by Gasteiger charge is 2.53. The molecule has 0 bridgehead atoms. The summed E-state index contributed by atoms with van der Waals surface area (Å²) >= 11 is 0. The molecule has 2 saturated heterocycles. The molecular formula is C62H64N2O32. The second kappa shape index (κ2) is 26.9. The largest absolute Gasteiger partial charge is 0.507 e. The number of esters is 2. The molecule has 10 rings (SSSR count). The minimum Gasteiger partial charge on any atom is -0.507 e. The van der Waals surface area contributed by atoms with E-state index in [0.29, 0.717) is 24.3 Å². The summed E-state index contributed by atoms with van der Waals surface area (Å²) in [6.45, 7) is 0.146. The Balaban J connectivity index is 1.14. The van der Waals surface area contributed by atoms with Crippen molar-refractivity contribution in [3.05, 3.63) is 105 Å². The third kappa shape index (κ3) is 13.0. The summed E-state index contributed by atoms with van der Waals surface area (Å²) in [5.74, 6) is -23.6. The Morgan fingerprint density at radius 1 is 0.542 bits per heavy atom. The van der Waals surface area contributed by atoms with E-state index in [-0.39, 0.29) is 24.3 Å². The van der Waals surface area contributed by atoms with Crippen LogP contribution in [0.15, 0.2) is 60.7 Å². The molecule has 34 nitrogen and oxygen atoms in total. The fourth-order valence-electron chi connectivity index (χ4n) is 11.9. The maximum Gasteiger partial charge on any atom is 0.338 e. The molecule has 96 heavy (non-hydrogen) atoms. The van der Waals surface area contributed by atoms with Crippen LogP contribution in [0, 0.1) is 0 Å². The molecule has 0 aromatic heterocycles. The third-order valence-corrected chi connectivity index (χ3v) is 16.5. The molecule has 2 amide bonds. The first-order valence-corrected chi connectivity index (χ1v) is 29.1. The number of ether oxygens (including phenoxy) is 8. The predicted molar refractivity (Wildman–Crippen MR) is 314 cm³/mol. The van der Waals surface area contributed by atoms with Crippen LogP contribution < -0.4 is 20.1 Å². The molecule has 4 aliphatic heterocycles. The second-order valence-corrected chi connectivity index (χ2v) is 22.8. The van der Waals surface area contributed by atoms with E-state index >= 15 is 4.79 Å². The van der Waals surface area contributed by atoms with E-state index in [0.717, 1.165) is 43.3 Å². The lowest BCUT2D eigenvalue weighted by molar-refractivity contribution is -0.323. The van der Waals surface area contributed by atoms with Gasteiger partial charge in [0.25, 0.3) is 5.91 Å². The molecule has 0 saturated carbocycles. The van der Waals surface area contributed by atoms with Crippen molar-refractivity contribution in [2.24, 2.45) is 0 Å². The lowest BCUT2D eigenvalue weighted by atomic mass is 9.82. The molecule has 2 fully saturated rings. The minimum atomic E-state index is -2.10. The summed E-state index contributed by atoms with van der Waals surface area (Å²) in [7, 11) is 0. The van der Waals surface area contributed by atoms with Crippen LogP contribution in [0.25, 0.3) is 0 Å². The summed E-state index contributed by atoms with van der Waals surface area (Å²) < 4.78 is 48.1. The standard InChI is InChI=1S/C62H64N2O32/c1-3-89-57-50(84)51(85)62(95-56-27(64-19(2)66)18-90-42(17-65)49(56)83)96-58(57)59(86)63-16-26(43-30(69)14-28(67)24-12-40(91-60(87)22-8-36(75)47(81)37(76)9-22)52(93-54(24)43)20-4-32(71)45(79)33(72)5-20)44-31(70)15-29(68)25-13-41(92-61(88)23-10-38(77)48(82)39(78)11-23)53(94-55(25)44)21-6-34(73)46(80)35(74)7-21/h4-11,14-15,26-27,40-42,49-53,56-58,62,65,67-85H,3,12-13,16-18H2,1-2H3,(H,63,86)(H,64,66)/t27?,40-,41-,42?,49-,50?,51?,52-,53-,56?,57+,58?,62-/m1/s1. The average Bonchev–Trinajstić information content (AvgIpc) is 0.735. The molecule has 0 radical (unpaired) electrons. The van der Waals surface area contributed by atoms with Crippen LogP contribution in [-0.2, 0) is 50.9 Å². The van der Waals surface area contributed by atoms with Gasteiger partial charge in [-0.15, -0.1) is 0 Å². The molecule has 0 aliphatic carbocycles. The van der Waals surface area contributed by atoms with E-state index in [1.807, 2.05) is 0 Å². The number of carbonyl (C=O) groups excluding carboxylic acids is 4. The summed E-state index contributed by atoms with van der Waals surface area (Å²) in [6.07, 6.45) is -23.6. The van der Waals surface area contributed by atoms with Crippen LogP contribution in [-0.4, -0.2) is 220 Å². The zero-order valence-corrected chi connectivity index (χ0v) is 49.9. The lowest BCUT2D eigenvalue weighted by Gasteiger charge is -2.45. The highest BCUT2D eigenvalue weighted by atomic mass is 16.7. The number of aliphatic hydroxyl groups excluding tert-OH is 4. The minimum absolute atomic E-state index is 0.269. The Hall–Kier alpha value is -10.7. The van der Waals surface area contributed by atoms with Gasteiger partial charge >= 0.3 is 11.9 Å². The van der Waals surface area contributed by atoms with Gasteiger partial charge in [0.2, 0.25) is 5.91 Å². The number of amides is 2. The van der Waals surface area contributed by atoms with Gasteiger partial charge < -0.3 is 151 Å². The molecule has 6 aromatic carbocycles. The number of nitrogens with one attached hydrogen (secondary N) is 2. The van der Waals surface area contributed by atoms with Crippen molar-refractivity contribution in [1.82, 2.24) is 10.6 Å². The number of rotatable bonds is 17. The van der Waals surface area contributed by atoms with Gasteiger partial charge in [0.05, 0.1) is 30.4 Å². The first kappa shape index (κ1) is 68.1. The van der Waals surface area contributed by atoms with Crippen molar-refractivity contribution >= 4 is 23.8 Å². The number of hydrogen-bond donors (Lipinski definition) is 22. The van der Waals surface area contributed by atoms with Gasteiger partial charge in [-0.05, 0) is 55.5 Å². The normalized spacial score (nSPS) is 24.5. The van der Waals surface area contributed by atoms with Crippen LogP contribution in [0.5, 0.6) is 103 Å². The van der Waals surface area contributed by atoms with Gasteiger partial charge in [0, 0.05) is 84.3 Å². The lowest BCUT2D eigenvalue weighted by Crippen LogP contribution is -2.66. The van der Waals surface area contributed by atoms with Gasteiger partial charge in [-0.2, -0.15) is 0 Å². The smallest absolute Gasteiger partial charge is 0.338 e. The first-order chi connectivity index (χ1) is 45.4. The Bertz CT molecular complexity index is 3730. The number of phenols is 16. The van der Waals surface area contributed by atoms with Crippen LogP contribution in [0.4, 0.5) is 0 Å². The SMILES string of the molecule is CCO[C@@H]1C(C(=O)NCC(c2c(O)cc(O)c3c2O[C@H](c2cc(O)c(O)c(O)c2)[C@H](OC(=O)c2cc(O)c(O)c(O)c2)C3)c2c(O)cc(O)c3c2O[C@H](c2cc(O)c(O)c(O)c2)[C@H](OC(=O)c2cc(O)c(O)c(O)c2)C3)O[C@@H](OC2C(NC(C)=O)COC(CO)[C@H]2O)C(O)C1O. The quantitative estimate of drug-likeness (QED) is 0.0437. The molecule has 0 spiro atoms. The van der Waals surface area contributed by atoms with Crippen molar-refractivity contribution in [3.63, 3.8) is 0 Å². The van der Waals surface area contributed by atoms with E-state index in [4.69, 9.17) is 37.9 Å². The maximum atomic E-state index is 15.2. The fraction of sp³-hybridized carbons (Fsp3) is 0.355. The van der Waals surface area contributed by atoms with Crippen molar-refractivity contribution in [2.45, 2.75) is 112 Å². The van der Waals surface area contributed by atoms with Gasteiger partial charge in [-0.1, -0.05) is 0 Å². The summed E-state index contributed by atoms with van der Waals surface area (Å²) in [4.78, 5) is 55.4. The predicted octanol–water partition coefficient (Wildman–Crippen LogP) is 0.522. The Morgan fingerprint density at radius 3 is 1.35 bits per heavy atom. The molecule has 34 heteroatoms. The highest BCUT2D eigenvalue weighted by molar-refractivity contribution is 5.92. The number of benzene rings is 6. The van der Waals surface area contributed by atoms with Gasteiger partial charge in [-0.25, -0.2) is 9.59 Å². The maximum absolute atomic E-state index is 15.2. The molecule has 4 heterocycles. The Morgan fingerprint density at radius 2 is 0.958 bits per heavy atom. The van der Waals surface area contributed by atoms with E-state index in [2.05, 4.69) is 10.6 Å². The van der Waals surface area contributed by atoms with E-state index in [1.165, 1.54) is 6.92 Å². The topological polar surface area (TPSA) is 571 Å². The van der Waals surface area contributed by atoms with Crippen LogP contribution in [0.1, 0.15) is 86.1 Å². The molecular weight excluding hydrogens is 1280 g/mol. The number of aromatic hydroxyl groups is 16. The van der Waals surface area contributed by atoms with Crippen LogP contribution in [0.3, 0.4) is 0 Å². The van der Waals surface area contributed by atoms with Crippen molar-refractivity contribution in [3.8, 4) is 103 Å². The number of fused-ring (bicyclic) bond motifs is 2. The summed E-state index contributed by atoms with van der Waals surface area (Å²) in [6, 6.07) is 6.41. The molecule has 6 unspecified atom stereocenters. The molecule has 13 atom stereocenters. The molecule has 4 aliphatic rings. The third-order valence-electron chi connectivity index (χ3n) is 16.5. The number of phenolic OH excluding ortho intramolecular Hbond substituents is 16. The first-order valence-electron chi connectivity index (χ1n) is 29.1. The number of carbonyl (C=O) groups is 4. The second-order valence-electron chi connectivity index (χ2n) is 22.8. The van der Waals surface area contributed by atoms with Crippen LogP contribution in [0.2, 0.25) is 0 Å². The zero-order chi connectivity index (χ0) is 69.8. The van der Waals surface area contributed by atoms with Gasteiger partial charge in [-0.3, -0.25) is 9.59 Å². The fourth-order valence-corrected chi connectivity index (χ4v) is 11.9. The number of aliphatic hydroxyl groups is 4. The van der Waals surface area contributed by atoms with E-state index in [9.17, 15) is 117 Å². The molecule has 514 valence electrons. The van der Waals surface area contributed by atoms with Crippen LogP contribution >= 0.6 is 0 Å². The number of hydrogen-bond acceptors (Lipinski definition) is 32. The highest BCUT2D eigenvalue weighted by Crippen LogP contribution is 2.57. The Kier molecular flexibility index (Phi) is 19.1. The van der Waals surface area contributed by atoms with E-state index < -0.39 is 272 Å². The molecule has 22 N–H and O–H groups in total. The average molecular weight is 1350 g/mol. The monoisotopic (exact) mass is 1350 g/mol. The summed E-state index contributed by atoms with van der Waals surface area (Å²) in [5, 5.41) is 224. The van der Waals surface area contributed by atoms with Crippen molar-refractivity contribution in [2.75, 3.05) is 26.4 Å². The molecule has 6 aromatic rings. The summed E-state index contributed by atoms with van der Waals surface area (Å²) in [5.41, 5.74) is -3.83. The zero-order valence-electron chi connectivity index (χ0n) is 49.9. The Labute approximate surface area is 539 Å².